The van der Waals surface area contributed by atoms with Crippen molar-refractivity contribution in [1.82, 2.24) is 0 Å². The van der Waals surface area contributed by atoms with Crippen molar-refractivity contribution in [1.29, 1.82) is 0 Å². The first kappa shape index (κ1) is 21.6. The molecule has 1 aliphatic carbocycles. The maximum Gasteiger partial charge on any atom is 0.0867 e. The largest absolute Gasteiger partial charge is 0.0867 e. The molecule has 0 saturated heterocycles. The van der Waals surface area contributed by atoms with E-state index in [9.17, 15) is 0 Å². The van der Waals surface area contributed by atoms with Crippen molar-refractivity contribution >= 4 is 26.5 Å². The highest BCUT2D eigenvalue weighted by Crippen LogP contribution is 2.51. The summed E-state index contributed by atoms with van der Waals surface area (Å²) in [6, 6.07) is 9.91. The zero-order chi connectivity index (χ0) is 21.4. The molecule has 3 rings (SSSR count). The predicted molar refractivity (Wildman–Crippen MR) is 134 cm³/mol. The molecule has 0 N–H and O–H groups in total. The lowest BCUT2D eigenvalue weighted by molar-refractivity contribution is 0.729. The summed E-state index contributed by atoms with van der Waals surface area (Å²) in [6.45, 7) is 29.5. The van der Waals surface area contributed by atoms with E-state index in [2.05, 4.69) is 106 Å². The van der Waals surface area contributed by atoms with Crippen LogP contribution in [0.3, 0.4) is 0 Å². The lowest BCUT2D eigenvalue weighted by Gasteiger charge is -2.45. The van der Waals surface area contributed by atoms with Crippen LogP contribution in [0.5, 0.6) is 0 Å². The SMILES string of the molecule is Cc1cc2c(c([Si](C)(C)C(C)(C)C)c1)-c1c-2cc(C)cc1[Si](C)(C)C(C)(C)C. The molecule has 0 amide bonds. The van der Waals surface area contributed by atoms with E-state index in [1.165, 1.54) is 22.3 Å². The summed E-state index contributed by atoms with van der Waals surface area (Å²) in [4.78, 5) is 0. The van der Waals surface area contributed by atoms with Crippen molar-refractivity contribution in [2.45, 2.75) is 91.7 Å². The van der Waals surface area contributed by atoms with E-state index in [0.29, 0.717) is 10.1 Å². The minimum Gasteiger partial charge on any atom is -0.0650 e. The number of aryl methyl sites for hydroxylation is 2. The van der Waals surface area contributed by atoms with Crippen LogP contribution in [0, 0.1) is 13.8 Å². The molecule has 2 aromatic carbocycles. The Bertz CT molecular complexity index is 868. The van der Waals surface area contributed by atoms with Crippen molar-refractivity contribution in [2.24, 2.45) is 0 Å². The van der Waals surface area contributed by atoms with E-state index < -0.39 is 16.1 Å². The summed E-state index contributed by atoms with van der Waals surface area (Å²) < 4.78 is 0. The molecule has 0 bridgehead atoms. The molecule has 0 saturated carbocycles. The number of benzene rings is 2. The molecule has 0 spiro atoms. The van der Waals surface area contributed by atoms with Gasteiger partial charge in [-0.05, 0) is 46.2 Å². The first-order valence-electron chi connectivity index (χ1n) is 10.8. The Morgan fingerprint density at radius 1 is 0.536 bits per heavy atom. The summed E-state index contributed by atoms with van der Waals surface area (Å²) in [5, 5.41) is 4.02. The first-order valence-corrected chi connectivity index (χ1v) is 16.8. The van der Waals surface area contributed by atoms with Crippen LogP contribution in [-0.4, -0.2) is 16.1 Å². The monoisotopic (exact) mass is 408 g/mol. The Hall–Kier alpha value is -1.13. The third kappa shape index (κ3) is 2.99. The zero-order valence-electron chi connectivity index (χ0n) is 20.3. The summed E-state index contributed by atoms with van der Waals surface area (Å²) in [7, 11) is -3.26. The molecule has 0 heterocycles. The fraction of sp³-hybridized carbons (Fsp3) is 0.538. The third-order valence-electron chi connectivity index (χ3n) is 8.20. The second kappa shape index (κ2) is 6.19. The van der Waals surface area contributed by atoms with Gasteiger partial charge < -0.3 is 0 Å². The molecule has 2 aromatic rings. The average molecular weight is 409 g/mol. The van der Waals surface area contributed by atoms with Crippen LogP contribution >= 0.6 is 0 Å². The van der Waals surface area contributed by atoms with Crippen molar-refractivity contribution in [2.75, 3.05) is 0 Å². The van der Waals surface area contributed by atoms with Gasteiger partial charge in [0, 0.05) is 0 Å². The smallest absolute Gasteiger partial charge is 0.0650 e. The molecule has 152 valence electrons. The molecule has 0 nitrogen and oxygen atoms in total. The lowest BCUT2D eigenvalue weighted by Crippen LogP contribution is -2.54. The molecular formula is C26H40Si2. The summed E-state index contributed by atoms with van der Waals surface area (Å²) in [5.41, 5.74) is 9.07. The normalized spacial score (nSPS) is 14.4. The summed E-state index contributed by atoms with van der Waals surface area (Å²) in [6.07, 6.45) is 0. The highest BCUT2D eigenvalue weighted by atomic mass is 28.3. The van der Waals surface area contributed by atoms with Gasteiger partial charge >= 0.3 is 0 Å². The Morgan fingerprint density at radius 2 is 0.821 bits per heavy atom. The fourth-order valence-electron chi connectivity index (χ4n) is 4.27. The van der Waals surface area contributed by atoms with Crippen LogP contribution in [0.2, 0.25) is 36.3 Å². The van der Waals surface area contributed by atoms with E-state index in [0.717, 1.165) is 0 Å². The summed E-state index contributed by atoms with van der Waals surface area (Å²) >= 11 is 0. The van der Waals surface area contributed by atoms with E-state index in [4.69, 9.17) is 0 Å². The van der Waals surface area contributed by atoms with Crippen LogP contribution in [0.15, 0.2) is 24.3 Å². The van der Waals surface area contributed by atoms with Crippen LogP contribution in [0.1, 0.15) is 52.7 Å². The molecule has 2 heteroatoms. The number of hydrogen-bond acceptors (Lipinski definition) is 0. The van der Waals surface area contributed by atoms with E-state index in [1.54, 1.807) is 21.5 Å². The number of fused-ring (bicyclic) bond motifs is 4. The molecule has 1 aliphatic rings. The Balaban J connectivity index is 2.37. The quantitative estimate of drug-likeness (QED) is 0.388. The van der Waals surface area contributed by atoms with Crippen molar-refractivity contribution in [3.63, 3.8) is 0 Å². The topological polar surface area (TPSA) is 0 Å². The van der Waals surface area contributed by atoms with Gasteiger partial charge in [0.05, 0.1) is 16.1 Å². The third-order valence-corrected chi connectivity index (χ3v) is 19.2. The van der Waals surface area contributed by atoms with E-state index >= 15 is 0 Å². The van der Waals surface area contributed by atoms with Gasteiger partial charge in [0.1, 0.15) is 0 Å². The van der Waals surface area contributed by atoms with Crippen LogP contribution in [-0.2, 0) is 0 Å². The maximum absolute atomic E-state index is 2.57. The molecule has 0 unspecified atom stereocenters. The van der Waals surface area contributed by atoms with Gasteiger partial charge in [-0.15, -0.1) is 0 Å². The fourth-order valence-corrected chi connectivity index (χ4v) is 8.83. The van der Waals surface area contributed by atoms with Crippen LogP contribution in [0.25, 0.3) is 22.3 Å². The molecule has 0 fully saturated rings. The van der Waals surface area contributed by atoms with Gasteiger partial charge in [-0.1, -0.05) is 113 Å². The van der Waals surface area contributed by atoms with Crippen molar-refractivity contribution in [3.05, 3.63) is 35.4 Å². The molecule has 0 atom stereocenters. The maximum atomic E-state index is 2.57. The van der Waals surface area contributed by atoms with Gasteiger partial charge in [-0.25, -0.2) is 0 Å². The lowest BCUT2D eigenvalue weighted by atomic mass is 9.79. The van der Waals surface area contributed by atoms with Crippen molar-refractivity contribution < 1.29 is 0 Å². The van der Waals surface area contributed by atoms with Gasteiger partial charge in [0.15, 0.2) is 0 Å². The second-order valence-electron chi connectivity index (χ2n) is 12.2. The second-order valence-corrected chi connectivity index (χ2v) is 22.8. The van der Waals surface area contributed by atoms with Crippen molar-refractivity contribution in [3.8, 4) is 22.3 Å². The Labute approximate surface area is 175 Å². The first-order chi connectivity index (χ1) is 12.5. The molecular weight excluding hydrogens is 368 g/mol. The minimum atomic E-state index is -1.63. The average Bonchev–Trinajstić information content (AvgIpc) is 2.50. The highest BCUT2D eigenvalue weighted by Gasteiger charge is 2.45. The molecule has 28 heavy (non-hydrogen) atoms. The van der Waals surface area contributed by atoms with Gasteiger partial charge in [0.25, 0.3) is 0 Å². The van der Waals surface area contributed by atoms with Crippen LogP contribution in [0.4, 0.5) is 0 Å². The molecule has 0 aliphatic heterocycles. The zero-order valence-corrected chi connectivity index (χ0v) is 22.3. The van der Waals surface area contributed by atoms with E-state index in [1.807, 2.05) is 0 Å². The number of rotatable bonds is 2. The molecule has 0 aromatic heterocycles. The highest BCUT2D eigenvalue weighted by molar-refractivity contribution is 6.95. The van der Waals surface area contributed by atoms with Crippen LogP contribution < -0.4 is 10.4 Å². The predicted octanol–water partition coefficient (Wildman–Crippen LogP) is 7.38. The standard InChI is InChI=1S/C26H40Si2/c1-17-13-19-20-14-18(2)16-22(28(11,12)26(6,7)8)24(20)23(19)21(15-17)27(9,10)25(3,4)5/h13-16H,1-12H3. The van der Waals surface area contributed by atoms with Gasteiger partial charge in [-0.3, -0.25) is 0 Å². The van der Waals surface area contributed by atoms with Gasteiger partial charge in [0.2, 0.25) is 0 Å². The molecule has 0 radical (unpaired) electrons. The number of hydrogen-bond donors (Lipinski definition) is 0. The summed E-state index contributed by atoms with van der Waals surface area (Å²) in [5.74, 6) is 0. The van der Waals surface area contributed by atoms with E-state index in [-0.39, 0.29) is 0 Å². The minimum absolute atomic E-state index is 0.339. The van der Waals surface area contributed by atoms with Gasteiger partial charge in [-0.2, -0.15) is 0 Å². The Kier molecular flexibility index (Phi) is 4.77. The Morgan fingerprint density at radius 3 is 1.07 bits per heavy atom.